The van der Waals surface area contributed by atoms with Gasteiger partial charge in [0.15, 0.2) is 0 Å². The molecule has 104 valence electrons. The Morgan fingerprint density at radius 1 is 1.32 bits per heavy atom. The Hall–Kier alpha value is -1.56. The van der Waals surface area contributed by atoms with Crippen LogP contribution in [0.5, 0.6) is 0 Å². The first-order valence-electron chi connectivity index (χ1n) is 5.88. The van der Waals surface area contributed by atoms with Crippen molar-refractivity contribution in [2.45, 2.75) is 25.9 Å². The van der Waals surface area contributed by atoms with Gasteiger partial charge in [-0.3, -0.25) is 9.59 Å². The molecule has 0 aliphatic rings. The van der Waals surface area contributed by atoms with Crippen molar-refractivity contribution < 1.29 is 14.0 Å². The zero-order valence-electron chi connectivity index (χ0n) is 10.8. The van der Waals surface area contributed by atoms with E-state index in [9.17, 15) is 14.0 Å². The van der Waals surface area contributed by atoms with E-state index in [0.717, 1.165) is 0 Å². The van der Waals surface area contributed by atoms with Gasteiger partial charge in [0.25, 0.3) is 0 Å². The second kappa shape index (κ2) is 7.13. The van der Waals surface area contributed by atoms with E-state index in [2.05, 4.69) is 23.3 Å². The fourth-order valence-electron chi connectivity index (χ4n) is 1.66. The van der Waals surface area contributed by atoms with Crippen molar-refractivity contribution in [3.05, 3.63) is 35.6 Å². The molecule has 0 aliphatic carbocycles. The van der Waals surface area contributed by atoms with Gasteiger partial charge < -0.3 is 10.6 Å². The Balaban J connectivity index is 2.70. The molecule has 19 heavy (non-hydrogen) atoms. The molecule has 1 rings (SSSR count). The third-order valence-electron chi connectivity index (χ3n) is 2.61. The van der Waals surface area contributed by atoms with Crippen molar-refractivity contribution in [3.63, 3.8) is 0 Å². The quantitative estimate of drug-likeness (QED) is 0.717. The standard InChI is InChI=1S/C13H17FN2O2S/c1-8(10-5-3-4-6-11(10)14)15-13(18)12(7-19)16-9(2)17/h3-6,8,12,19H,7H2,1-2H3,(H,15,18)(H,16,17). The molecule has 0 fully saturated rings. The van der Waals surface area contributed by atoms with Crippen LogP contribution < -0.4 is 10.6 Å². The van der Waals surface area contributed by atoms with Gasteiger partial charge in [-0.2, -0.15) is 12.6 Å². The molecule has 4 nitrogen and oxygen atoms in total. The molecule has 2 N–H and O–H groups in total. The van der Waals surface area contributed by atoms with Crippen LogP contribution in [0.25, 0.3) is 0 Å². The van der Waals surface area contributed by atoms with E-state index in [4.69, 9.17) is 0 Å². The number of amides is 2. The smallest absolute Gasteiger partial charge is 0.243 e. The number of rotatable bonds is 5. The SMILES string of the molecule is CC(=O)NC(CS)C(=O)NC(C)c1ccccc1F. The van der Waals surface area contributed by atoms with Crippen LogP contribution in [0.4, 0.5) is 4.39 Å². The molecule has 0 saturated heterocycles. The Kier molecular flexibility index (Phi) is 5.82. The molecule has 2 unspecified atom stereocenters. The molecule has 2 amide bonds. The highest BCUT2D eigenvalue weighted by atomic mass is 32.1. The summed E-state index contributed by atoms with van der Waals surface area (Å²) in [5.41, 5.74) is 0.400. The highest BCUT2D eigenvalue weighted by Gasteiger charge is 2.20. The molecular formula is C13H17FN2O2S. The van der Waals surface area contributed by atoms with Crippen LogP contribution in [0.1, 0.15) is 25.5 Å². The van der Waals surface area contributed by atoms with Crippen LogP contribution >= 0.6 is 12.6 Å². The molecule has 0 aliphatic heterocycles. The van der Waals surface area contributed by atoms with Crippen molar-refractivity contribution >= 4 is 24.4 Å². The van der Waals surface area contributed by atoms with E-state index in [1.807, 2.05) is 0 Å². The zero-order chi connectivity index (χ0) is 14.4. The third-order valence-corrected chi connectivity index (χ3v) is 2.97. The minimum atomic E-state index is -0.727. The fraction of sp³-hybridized carbons (Fsp3) is 0.385. The Morgan fingerprint density at radius 2 is 1.95 bits per heavy atom. The summed E-state index contributed by atoms with van der Waals surface area (Å²) in [5.74, 6) is -0.902. The predicted octanol–water partition coefficient (Wildman–Crippen LogP) is 1.44. The van der Waals surface area contributed by atoms with Gasteiger partial charge in [-0.15, -0.1) is 0 Å². The van der Waals surface area contributed by atoms with E-state index in [-0.39, 0.29) is 23.4 Å². The molecule has 1 aromatic carbocycles. The highest BCUT2D eigenvalue weighted by molar-refractivity contribution is 7.80. The second-order valence-electron chi connectivity index (χ2n) is 4.19. The molecule has 0 bridgehead atoms. The maximum absolute atomic E-state index is 13.5. The van der Waals surface area contributed by atoms with E-state index in [1.165, 1.54) is 13.0 Å². The largest absolute Gasteiger partial charge is 0.348 e. The van der Waals surface area contributed by atoms with Crippen molar-refractivity contribution in [2.75, 3.05) is 5.75 Å². The summed E-state index contributed by atoms with van der Waals surface area (Å²) in [6.45, 7) is 3.00. The normalized spacial score (nSPS) is 13.5. The van der Waals surface area contributed by atoms with Crippen molar-refractivity contribution in [1.82, 2.24) is 10.6 Å². The van der Waals surface area contributed by atoms with Gasteiger partial charge in [0.2, 0.25) is 11.8 Å². The number of carbonyl (C=O) groups is 2. The van der Waals surface area contributed by atoms with Gasteiger partial charge >= 0.3 is 0 Å². The van der Waals surface area contributed by atoms with E-state index in [1.54, 1.807) is 25.1 Å². The van der Waals surface area contributed by atoms with E-state index in [0.29, 0.717) is 5.56 Å². The van der Waals surface area contributed by atoms with Gasteiger partial charge in [-0.05, 0) is 13.0 Å². The van der Waals surface area contributed by atoms with Gasteiger partial charge in [0, 0.05) is 18.2 Å². The fourth-order valence-corrected chi connectivity index (χ4v) is 1.91. The van der Waals surface area contributed by atoms with Crippen molar-refractivity contribution in [1.29, 1.82) is 0 Å². The first-order chi connectivity index (χ1) is 8.95. The molecule has 0 heterocycles. The van der Waals surface area contributed by atoms with Crippen LogP contribution in [0.2, 0.25) is 0 Å². The van der Waals surface area contributed by atoms with E-state index < -0.39 is 12.1 Å². The summed E-state index contributed by atoms with van der Waals surface area (Å²) in [6, 6.07) is 5.02. The summed E-state index contributed by atoms with van der Waals surface area (Å²) in [6.07, 6.45) is 0. The van der Waals surface area contributed by atoms with Crippen molar-refractivity contribution in [3.8, 4) is 0 Å². The average Bonchev–Trinajstić information content (AvgIpc) is 2.35. The van der Waals surface area contributed by atoms with Crippen LogP contribution in [-0.2, 0) is 9.59 Å². The van der Waals surface area contributed by atoms with Crippen LogP contribution in [0.3, 0.4) is 0 Å². The first-order valence-corrected chi connectivity index (χ1v) is 6.51. The van der Waals surface area contributed by atoms with Gasteiger partial charge in [-0.25, -0.2) is 4.39 Å². The molecule has 6 heteroatoms. The molecule has 0 saturated carbocycles. The lowest BCUT2D eigenvalue weighted by atomic mass is 10.1. The summed E-state index contributed by atoms with van der Waals surface area (Å²) in [4.78, 5) is 22.8. The highest BCUT2D eigenvalue weighted by Crippen LogP contribution is 2.16. The molecular weight excluding hydrogens is 267 g/mol. The summed E-state index contributed by atoms with van der Waals surface area (Å²) in [7, 11) is 0. The molecule has 1 aromatic rings. The zero-order valence-corrected chi connectivity index (χ0v) is 11.7. The predicted molar refractivity (Wildman–Crippen MR) is 74.4 cm³/mol. The third kappa shape index (κ3) is 4.55. The van der Waals surface area contributed by atoms with Gasteiger partial charge in [0.1, 0.15) is 11.9 Å². The minimum Gasteiger partial charge on any atom is -0.348 e. The number of halogens is 1. The van der Waals surface area contributed by atoms with Crippen LogP contribution in [-0.4, -0.2) is 23.6 Å². The first kappa shape index (κ1) is 15.5. The lowest BCUT2D eigenvalue weighted by Gasteiger charge is -2.20. The minimum absolute atomic E-state index is 0.176. The number of carbonyl (C=O) groups excluding carboxylic acids is 2. The van der Waals surface area contributed by atoms with Crippen molar-refractivity contribution in [2.24, 2.45) is 0 Å². The molecule has 2 atom stereocenters. The average molecular weight is 284 g/mol. The maximum Gasteiger partial charge on any atom is 0.243 e. The topological polar surface area (TPSA) is 58.2 Å². The van der Waals surface area contributed by atoms with Gasteiger partial charge in [-0.1, -0.05) is 18.2 Å². The number of nitrogens with one attached hydrogen (secondary N) is 2. The number of benzene rings is 1. The Bertz CT molecular complexity index is 468. The number of thiol groups is 1. The number of hydrogen-bond acceptors (Lipinski definition) is 3. The lowest BCUT2D eigenvalue weighted by Crippen LogP contribution is -2.47. The maximum atomic E-state index is 13.5. The summed E-state index contributed by atoms with van der Waals surface area (Å²) in [5, 5.41) is 5.13. The Labute approximate surface area is 117 Å². The second-order valence-corrected chi connectivity index (χ2v) is 4.55. The van der Waals surface area contributed by atoms with Gasteiger partial charge in [0.05, 0.1) is 6.04 Å². The Morgan fingerprint density at radius 3 is 2.47 bits per heavy atom. The summed E-state index contributed by atoms with van der Waals surface area (Å²) < 4.78 is 13.5. The molecule has 0 radical (unpaired) electrons. The monoisotopic (exact) mass is 284 g/mol. The number of hydrogen-bond donors (Lipinski definition) is 3. The van der Waals surface area contributed by atoms with Crippen LogP contribution in [0.15, 0.2) is 24.3 Å². The summed E-state index contributed by atoms with van der Waals surface area (Å²) >= 11 is 4.01. The molecule has 0 spiro atoms. The lowest BCUT2D eigenvalue weighted by molar-refractivity contribution is -0.127. The van der Waals surface area contributed by atoms with E-state index >= 15 is 0 Å². The van der Waals surface area contributed by atoms with Crippen LogP contribution in [0, 0.1) is 5.82 Å². The molecule has 0 aromatic heterocycles.